The molecule has 0 fully saturated rings. The number of rotatable bonds is 10. The van der Waals surface area contributed by atoms with Gasteiger partial charge in [0.1, 0.15) is 0 Å². The molecule has 0 radical (unpaired) electrons. The Morgan fingerprint density at radius 3 is 2.75 bits per heavy atom. The molecule has 1 heterocycles. The van der Waals surface area contributed by atoms with E-state index in [0.29, 0.717) is 0 Å². The summed E-state index contributed by atoms with van der Waals surface area (Å²) in [7, 11) is 0. The molecule has 0 aromatic heterocycles. The van der Waals surface area contributed by atoms with Crippen LogP contribution in [0.15, 0.2) is 47.4 Å². The van der Waals surface area contributed by atoms with Gasteiger partial charge in [0, 0.05) is 23.4 Å². The number of nitrogens with one attached hydrogen (secondary N) is 1. The van der Waals surface area contributed by atoms with Crippen LogP contribution in [0.4, 0.5) is 11.4 Å². The molecule has 3 nitrogen and oxygen atoms in total. The molecule has 0 atom stereocenters. The lowest BCUT2D eigenvalue weighted by Gasteiger charge is -2.19. The number of amides is 1. The van der Waals surface area contributed by atoms with E-state index in [2.05, 4.69) is 29.8 Å². The maximum Gasteiger partial charge on any atom is 0.260 e. The highest BCUT2D eigenvalue weighted by Crippen LogP contribution is 2.34. The monoisotopic (exact) mass is 414 g/mol. The molecule has 3 rings (SSSR count). The zero-order chi connectivity index (χ0) is 19.8. The molecule has 0 saturated heterocycles. The summed E-state index contributed by atoms with van der Waals surface area (Å²) in [4.78, 5) is 16.4. The van der Waals surface area contributed by atoms with Crippen molar-refractivity contribution in [2.75, 3.05) is 28.2 Å². The summed E-state index contributed by atoms with van der Waals surface area (Å²) < 4.78 is 3.22. The second-order valence-electron chi connectivity index (χ2n) is 7.11. The van der Waals surface area contributed by atoms with Gasteiger partial charge in [-0.05, 0) is 54.5 Å². The molecule has 1 aliphatic heterocycles. The number of fused-ring (bicyclic) bond motifs is 1. The molecule has 28 heavy (non-hydrogen) atoms. The molecule has 0 unspecified atom stereocenters. The van der Waals surface area contributed by atoms with Gasteiger partial charge in [-0.3, -0.25) is 4.79 Å². The number of carbonyl (C=O) groups is 1. The first kappa shape index (κ1) is 21.1. The van der Waals surface area contributed by atoms with Crippen molar-refractivity contribution in [2.45, 2.75) is 50.3 Å². The Kier molecular flexibility index (Phi) is 8.16. The van der Waals surface area contributed by atoms with Crippen LogP contribution in [-0.2, 0) is 6.42 Å². The zero-order valence-electron chi connectivity index (χ0n) is 16.9. The normalized spacial score (nSPS) is 12.9. The van der Waals surface area contributed by atoms with Crippen LogP contribution in [0.2, 0.25) is 0 Å². The van der Waals surface area contributed by atoms with Crippen molar-refractivity contribution in [3.63, 3.8) is 0 Å². The van der Waals surface area contributed by atoms with Gasteiger partial charge in [-0.15, -0.1) is 11.8 Å². The van der Waals surface area contributed by atoms with Crippen LogP contribution in [0, 0.1) is 0 Å². The number of hydrogen-bond acceptors (Lipinski definition) is 4. The topological polar surface area (TPSA) is 32.3 Å². The number of benzene rings is 2. The van der Waals surface area contributed by atoms with Crippen LogP contribution in [-0.4, -0.2) is 24.5 Å². The van der Waals surface area contributed by atoms with Gasteiger partial charge in [-0.2, -0.15) is 0 Å². The van der Waals surface area contributed by atoms with E-state index in [1.54, 1.807) is 0 Å². The summed E-state index contributed by atoms with van der Waals surface area (Å²) >= 11 is 3.45. The third kappa shape index (κ3) is 5.26. The Balaban J connectivity index is 1.64. The van der Waals surface area contributed by atoms with E-state index in [0.717, 1.165) is 29.9 Å². The maximum atomic E-state index is 13.2. The first-order valence-corrected chi connectivity index (χ1v) is 12.4. The predicted octanol–water partition coefficient (Wildman–Crippen LogP) is 6.64. The van der Waals surface area contributed by atoms with Crippen LogP contribution in [0.1, 0.15) is 54.9 Å². The largest absolute Gasteiger partial charge is 0.329 e. The van der Waals surface area contributed by atoms with Crippen molar-refractivity contribution < 1.29 is 4.79 Å². The van der Waals surface area contributed by atoms with Crippen molar-refractivity contribution in [2.24, 2.45) is 0 Å². The Morgan fingerprint density at radius 2 is 1.93 bits per heavy atom. The van der Waals surface area contributed by atoms with Gasteiger partial charge < -0.3 is 9.62 Å². The number of unbranched alkanes of at least 4 members (excludes halogenated alkanes) is 4. The number of nitrogens with zero attached hydrogens (tertiary/aromatic N) is 1. The fraction of sp³-hybridized carbons (Fsp3) is 0.435. The lowest BCUT2D eigenvalue weighted by molar-refractivity contribution is 0.0990. The van der Waals surface area contributed by atoms with E-state index in [-0.39, 0.29) is 5.91 Å². The van der Waals surface area contributed by atoms with Crippen molar-refractivity contribution in [1.29, 1.82) is 0 Å². The molecule has 2 aromatic rings. The van der Waals surface area contributed by atoms with Crippen LogP contribution < -0.4 is 9.62 Å². The summed E-state index contributed by atoms with van der Waals surface area (Å²) in [6, 6.07) is 14.3. The fourth-order valence-corrected chi connectivity index (χ4v) is 4.96. The SMILES string of the molecule is CCCCCCCSc1ccc2c(c1)CCN2C(=O)c1ccccc1NSC. The first-order valence-electron chi connectivity index (χ1n) is 10.2. The van der Waals surface area contributed by atoms with E-state index >= 15 is 0 Å². The molecule has 5 heteroatoms. The molecule has 2 aromatic carbocycles. The number of para-hydroxylation sites is 1. The van der Waals surface area contributed by atoms with E-state index in [4.69, 9.17) is 0 Å². The van der Waals surface area contributed by atoms with Gasteiger partial charge in [0.05, 0.1) is 11.3 Å². The van der Waals surface area contributed by atoms with E-state index < -0.39 is 0 Å². The van der Waals surface area contributed by atoms with Gasteiger partial charge in [-0.25, -0.2) is 0 Å². The van der Waals surface area contributed by atoms with Gasteiger partial charge in [0.25, 0.3) is 5.91 Å². The van der Waals surface area contributed by atoms with Gasteiger partial charge >= 0.3 is 0 Å². The molecule has 1 N–H and O–H groups in total. The highest BCUT2D eigenvalue weighted by atomic mass is 32.2. The van der Waals surface area contributed by atoms with Crippen LogP contribution in [0.25, 0.3) is 0 Å². The third-order valence-corrected chi connectivity index (χ3v) is 6.58. The van der Waals surface area contributed by atoms with Gasteiger partial charge in [0.2, 0.25) is 0 Å². The highest BCUT2D eigenvalue weighted by molar-refractivity contribution is 7.99. The predicted molar refractivity (Wildman–Crippen MR) is 125 cm³/mol. The maximum absolute atomic E-state index is 13.2. The average Bonchev–Trinajstić information content (AvgIpc) is 3.14. The summed E-state index contributed by atoms with van der Waals surface area (Å²) in [5.74, 6) is 1.26. The second kappa shape index (κ2) is 10.8. The minimum absolute atomic E-state index is 0.0761. The Morgan fingerprint density at radius 1 is 1.11 bits per heavy atom. The standard InChI is InChI=1S/C23H30N2OS2/c1-3-4-5-6-9-16-28-19-12-13-22-18(17-19)14-15-25(22)23(26)20-10-7-8-11-21(20)24-27-2/h7-8,10-13,17,24H,3-6,9,14-16H2,1-2H3. The first-order chi connectivity index (χ1) is 13.7. The fourth-order valence-electron chi connectivity index (χ4n) is 3.59. The van der Waals surface area contributed by atoms with Gasteiger partial charge in [-0.1, -0.05) is 56.7 Å². The number of hydrogen-bond donors (Lipinski definition) is 1. The summed E-state index contributed by atoms with van der Waals surface area (Å²) in [6.45, 7) is 3.01. The smallest absolute Gasteiger partial charge is 0.260 e. The lowest BCUT2D eigenvalue weighted by Crippen LogP contribution is -2.29. The minimum atomic E-state index is 0.0761. The molecule has 0 aliphatic carbocycles. The Bertz CT molecular complexity index is 794. The lowest BCUT2D eigenvalue weighted by atomic mass is 10.1. The van der Waals surface area contributed by atoms with Crippen molar-refractivity contribution >= 4 is 41.0 Å². The van der Waals surface area contributed by atoms with E-state index in [1.165, 1.54) is 60.3 Å². The second-order valence-corrected chi connectivity index (χ2v) is 8.89. The molecule has 0 bridgehead atoms. The summed E-state index contributed by atoms with van der Waals surface area (Å²) in [5.41, 5.74) is 3.97. The molecule has 1 amide bonds. The van der Waals surface area contributed by atoms with E-state index in [1.807, 2.05) is 47.2 Å². The van der Waals surface area contributed by atoms with Gasteiger partial charge in [0.15, 0.2) is 0 Å². The van der Waals surface area contributed by atoms with E-state index in [9.17, 15) is 4.79 Å². The third-order valence-electron chi connectivity index (χ3n) is 5.08. The summed E-state index contributed by atoms with van der Waals surface area (Å²) in [5, 5.41) is 0. The van der Waals surface area contributed by atoms with Crippen molar-refractivity contribution in [3.05, 3.63) is 53.6 Å². The number of carbonyl (C=O) groups excluding carboxylic acids is 1. The molecule has 150 valence electrons. The highest BCUT2D eigenvalue weighted by Gasteiger charge is 2.27. The molecule has 0 saturated carbocycles. The summed E-state index contributed by atoms with van der Waals surface area (Å²) in [6.07, 6.45) is 9.52. The van der Waals surface area contributed by atoms with Crippen LogP contribution >= 0.6 is 23.7 Å². The Hall–Kier alpha value is -1.59. The van der Waals surface area contributed by atoms with Crippen LogP contribution in [0.3, 0.4) is 0 Å². The number of anilines is 2. The van der Waals surface area contributed by atoms with Crippen molar-refractivity contribution in [3.8, 4) is 0 Å². The van der Waals surface area contributed by atoms with Crippen molar-refractivity contribution in [1.82, 2.24) is 0 Å². The Labute approximate surface area is 177 Å². The quantitative estimate of drug-likeness (QED) is 0.268. The molecule has 0 spiro atoms. The average molecular weight is 415 g/mol. The molecule has 1 aliphatic rings. The molecular weight excluding hydrogens is 384 g/mol. The number of thioether (sulfide) groups is 1. The minimum Gasteiger partial charge on any atom is -0.329 e. The van der Waals surface area contributed by atoms with Crippen LogP contribution in [0.5, 0.6) is 0 Å². The molecular formula is C23H30N2OS2. The zero-order valence-corrected chi connectivity index (χ0v) is 18.5.